The van der Waals surface area contributed by atoms with Crippen LogP contribution in [0.5, 0.6) is 0 Å². The third-order valence-electron chi connectivity index (χ3n) is 4.18. The molecule has 0 radical (unpaired) electrons. The number of amides is 1. The molecule has 1 aromatic carbocycles. The highest BCUT2D eigenvalue weighted by Gasteiger charge is 2.10. The molecule has 1 N–H and O–H groups in total. The van der Waals surface area contributed by atoms with Gasteiger partial charge in [-0.25, -0.2) is 4.98 Å². The summed E-state index contributed by atoms with van der Waals surface area (Å²) in [6.07, 6.45) is 5.99. The Morgan fingerprint density at radius 2 is 1.93 bits per heavy atom. The number of pyridine rings is 2. The molecule has 0 spiro atoms. The topological polar surface area (TPSA) is 81.9 Å². The first-order chi connectivity index (χ1) is 13.2. The molecule has 2 aromatic heterocycles. The van der Waals surface area contributed by atoms with Gasteiger partial charge in [0.15, 0.2) is 0 Å². The fraction of sp³-hybridized carbons (Fsp3) is 0.143. The average molecular weight is 357 g/mol. The molecule has 0 bridgehead atoms. The van der Waals surface area contributed by atoms with E-state index in [0.29, 0.717) is 16.8 Å². The molecule has 6 heteroatoms. The molecule has 27 heavy (non-hydrogen) atoms. The average Bonchev–Trinajstić information content (AvgIpc) is 2.73. The van der Waals surface area contributed by atoms with Crippen molar-refractivity contribution >= 4 is 17.4 Å². The minimum Gasteiger partial charge on any atom is -0.359 e. The maximum Gasteiger partial charge on any atom is 0.257 e. The summed E-state index contributed by atoms with van der Waals surface area (Å²) < 4.78 is 0. The van der Waals surface area contributed by atoms with Crippen molar-refractivity contribution in [2.24, 2.45) is 0 Å². The monoisotopic (exact) mass is 357 g/mol. The van der Waals surface area contributed by atoms with Gasteiger partial charge in [0.2, 0.25) is 0 Å². The summed E-state index contributed by atoms with van der Waals surface area (Å²) >= 11 is 0. The number of carbonyl (C=O) groups is 1. The molecule has 0 aliphatic carbocycles. The van der Waals surface area contributed by atoms with Crippen LogP contribution in [0.15, 0.2) is 67.1 Å². The molecular formula is C21H19N5O. The van der Waals surface area contributed by atoms with E-state index in [4.69, 9.17) is 5.26 Å². The van der Waals surface area contributed by atoms with E-state index >= 15 is 0 Å². The summed E-state index contributed by atoms with van der Waals surface area (Å²) in [4.78, 5) is 22.8. The number of nitrogens with zero attached hydrogens (tertiary/aromatic N) is 4. The van der Waals surface area contributed by atoms with Crippen molar-refractivity contribution in [2.45, 2.75) is 6.42 Å². The van der Waals surface area contributed by atoms with Crippen LogP contribution in [0.1, 0.15) is 21.5 Å². The summed E-state index contributed by atoms with van der Waals surface area (Å²) in [6.45, 7) is 0.804. The molecule has 0 fully saturated rings. The Morgan fingerprint density at radius 1 is 1.15 bits per heavy atom. The van der Waals surface area contributed by atoms with Crippen molar-refractivity contribution in [1.82, 2.24) is 9.97 Å². The number of likely N-dealkylation sites (N-methyl/N-ethyl adjacent to an activating group) is 1. The molecule has 134 valence electrons. The lowest BCUT2D eigenvalue weighted by atomic mass is 10.2. The van der Waals surface area contributed by atoms with Gasteiger partial charge in [0, 0.05) is 32.2 Å². The molecule has 0 saturated heterocycles. The highest BCUT2D eigenvalue weighted by Crippen LogP contribution is 2.16. The van der Waals surface area contributed by atoms with Crippen molar-refractivity contribution in [2.75, 3.05) is 23.8 Å². The highest BCUT2D eigenvalue weighted by molar-refractivity contribution is 6.04. The first kappa shape index (κ1) is 18.1. The molecule has 0 saturated carbocycles. The van der Waals surface area contributed by atoms with Gasteiger partial charge in [-0.05, 0) is 48.4 Å². The zero-order chi connectivity index (χ0) is 19.1. The second-order valence-corrected chi connectivity index (χ2v) is 6.04. The number of carbonyl (C=O) groups excluding carboxylic acids is 1. The summed E-state index contributed by atoms with van der Waals surface area (Å²) in [5.74, 6) is 0.495. The van der Waals surface area contributed by atoms with Gasteiger partial charge in [0.1, 0.15) is 11.9 Å². The van der Waals surface area contributed by atoms with Crippen molar-refractivity contribution in [3.63, 3.8) is 0 Å². The minimum atomic E-state index is -0.295. The van der Waals surface area contributed by atoms with Crippen LogP contribution >= 0.6 is 0 Å². The Balaban J connectivity index is 1.62. The number of hydrogen-bond donors (Lipinski definition) is 1. The summed E-state index contributed by atoms with van der Waals surface area (Å²) in [6, 6.07) is 16.5. The number of nitriles is 1. The number of benzene rings is 1. The van der Waals surface area contributed by atoms with E-state index in [9.17, 15) is 4.79 Å². The van der Waals surface area contributed by atoms with Crippen LogP contribution in [-0.4, -0.2) is 29.5 Å². The molecule has 2 heterocycles. The first-order valence-corrected chi connectivity index (χ1v) is 8.54. The van der Waals surface area contributed by atoms with Gasteiger partial charge in [0.25, 0.3) is 5.91 Å². The quantitative estimate of drug-likeness (QED) is 0.732. The second kappa shape index (κ2) is 8.59. The number of anilines is 2. The molecule has 0 aliphatic heterocycles. The van der Waals surface area contributed by atoms with Gasteiger partial charge in [-0.3, -0.25) is 9.78 Å². The summed E-state index contributed by atoms with van der Waals surface area (Å²) in [7, 11) is 1.96. The van der Waals surface area contributed by atoms with Gasteiger partial charge in [-0.15, -0.1) is 0 Å². The lowest BCUT2D eigenvalue weighted by Crippen LogP contribution is -2.21. The number of rotatable bonds is 6. The van der Waals surface area contributed by atoms with Crippen molar-refractivity contribution in [1.29, 1.82) is 5.26 Å². The molecule has 3 rings (SSSR count). The fourth-order valence-electron chi connectivity index (χ4n) is 2.59. The van der Waals surface area contributed by atoms with E-state index < -0.39 is 0 Å². The first-order valence-electron chi connectivity index (χ1n) is 8.54. The normalized spacial score (nSPS) is 10.1. The zero-order valence-electron chi connectivity index (χ0n) is 15.0. The standard InChI is InChI=1S/C21H19N5O/c1-26(13-10-16-8-11-23-12-9-16)20-7-6-18(15-24-20)21(27)25-19-5-3-2-4-17(19)14-22/h2-9,11-12,15H,10,13H2,1H3,(H,25,27). The molecule has 0 aliphatic rings. The highest BCUT2D eigenvalue weighted by atomic mass is 16.1. The second-order valence-electron chi connectivity index (χ2n) is 6.04. The molecule has 0 atom stereocenters. The maximum absolute atomic E-state index is 12.4. The van der Waals surface area contributed by atoms with E-state index in [2.05, 4.69) is 21.4 Å². The van der Waals surface area contributed by atoms with Crippen LogP contribution in [0.2, 0.25) is 0 Å². The Labute approximate surface area is 158 Å². The SMILES string of the molecule is CN(CCc1ccncc1)c1ccc(C(=O)Nc2ccccc2C#N)cn1. The van der Waals surface area contributed by atoms with Crippen LogP contribution in [-0.2, 0) is 6.42 Å². The Hall–Kier alpha value is -3.72. The van der Waals surface area contributed by atoms with E-state index in [1.165, 1.54) is 5.56 Å². The van der Waals surface area contributed by atoms with Crippen molar-refractivity contribution < 1.29 is 4.79 Å². The van der Waals surface area contributed by atoms with E-state index in [-0.39, 0.29) is 5.91 Å². The van der Waals surface area contributed by atoms with Gasteiger partial charge in [-0.1, -0.05) is 12.1 Å². The van der Waals surface area contributed by atoms with Gasteiger partial charge in [-0.2, -0.15) is 5.26 Å². The van der Waals surface area contributed by atoms with Crippen LogP contribution < -0.4 is 10.2 Å². The lowest BCUT2D eigenvalue weighted by Gasteiger charge is -2.18. The van der Waals surface area contributed by atoms with Gasteiger partial charge in [0.05, 0.1) is 16.8 Å². The van der Waals surface area contributed by atoms with Crippen LogP contribution in [0.25, 0.3) is 0 Å². The predicted molar refractivity (Wildman–Crippen MR) is 105 cm³/mol. The number of para-hydroxylation sites is 1. The van der Waals surface area contributed by atoms with Crippen LogP contribution in [0, 0.1) is 11.3 Å². The van der Waals surface area contributed by atoms with E-state index in [1.54, 1.807) is 48.9 Å². The fourth-order valence-corrected chi connectivity index (χ4v) is 2.59. The number of nitrogens with one attached hydrogen (secondary N) is 1. The summed E-state index contributed by atoms with van der Waals surface area (Å²) in [5.41, 5.74) is 2.56. The molecule has 6 nitrogen and oxygen atoms in total. The zero-order valence-corrected chi connectivity index (χ0v) is 15.0. The van der Waals surface area contributed by atoms with E-state index in [1.807, 2.05) is 30.1 Å². The smallest absolute Gasteiger partial charge is 0.257 e. The minimum absolute atomic E-state index is 0.295. The number of hydrogen-bond acceptors (Lipinski definition) is 5. The largest absolute Gasteiger partial charge is 0.359 e. The molecular weight excluding hydrogens is 338 g/mol. The predicted octanol–water partition coefficient (Wildman–Crippen LogP) is 3.28. The van der Waals surface area contributed by atoms with Crippen molar-refractivity contribution in [3.8, 4) is 6.07 Å². The molecule has 1 amide bonds. The van der Waals surface area contributed by atoms with Gasteiger partial charge < -0.3 is 10.2 Å². The molecule has 0 unspecified atom stereocenters. The Kier molecular flexibility index (Phi) is 5.75. The third kappa shape index (κ3) is 4.67. The van der Waals surface area contributed by atoms with E-state index in [0.717, 1.165) is 18.8 Å². The number of aromatic nitrogens is 2. The van der Waals surface area contributed by atoms with Crippen LogP contribution in [0.3, 0.4) is 0 Å². The Morgan fingerprint density at radius 3 is 2.63 bits per heavy atom. The van der Waals surface area contributed by atoms with Crippen LogP contribution in [0.4, 0.5) is 11.5 Å². The van der Waals surface area contributed by atoms with Gasteiger partial charge >= 0.3 is 0 Å². The summed E-state index contributed by atoms with van der Waals surface area (Å²) in [5, 5.41) is 11.9. The maximum atomic E-state index is 12.4. The molecule has 3 aromatic rings. The Bertz CT molecular complexity index is 948. The lowest BCUT2D eigenvalue weighted by molar-refractivity contribution is 0.102. The van der Waals surface area contributed by atoms with Crippen molar-refractivity contribution in [3.05, 3.63) is 83.8 Å². The third-order valence-corrected chi connectivity index (χ3v) is 4.18.